The van der Waals surface area contributed by atoms with Gasteiger partial charge in [0.2, 0.25) is 0 Å². The molecular weight excluding hydrogens is 290 g/mol. The Morgan fingerprint density at radius 2 is 2.14 bits per heavy atom. The Bertz CT molecular complexity index is 550. The Balaban J connectivity index is 2.16. The number of benzene rings is 1. The second-order valence-corrected chi connectivity index (χ2v) is 6.24. The van der Waals surface area contributed by atoms with Crippen LogP contribution in [-0.2, 0) is 0 Å². The molecule has 2 rings (SSSR count). The summed E-state index contributed by atoms with van der Waals surface area (Å²) in [7, 11) is 0. The molecule has 2 atom stereocenters. The van der Waals surface area contributed by atoms with E-state index in [-0.39, 0.29) is 28.9 Å². The van der Waals surface area contributed by atoms with Crippen molar-refractivity contribution in [1.29, 1.82) is 0 Å². The molecule has 21 heavy (non-hydrogen) atoms. The number of carbonyl (C=O) groups excluding carboxylic acids is 1. The first kappa shape index (κ1) is 15.6. The second-order valence-electron chi connectivity index (χ2n) is 5.17. The maximum atomic E-state index is 12.3. The van der Waals surface area contributed by atoms with Gasteiger partial charge in [-0.25, -0.2) is 0 Å². The quantitative estimate of drug-likeness (QED) is 0.506. The van der Waals surface area contributed by atoms with Gasteiger partial charge in [0.25, 0.3) is 11.6 Å². The summed E-state index contributed by atoms with van der Waals surface area (Å²) in [5, 5.41) is 14.2. The SMILES string of the molecule is CSC1CCCCC1NC(=O)c1cc([N+](=O)[O-])ccc1N. The smallest absolute Gasteiger partial charge is 0.270 e. The van der Waals surface area contributed by atoms with Crippen molar-refractivity contribution in [2.75, 3.05) is 12.0 Å². The Kier molecular flexibility index (Phi) is 5.06. The number of nitro groups is 1. The number of nitrogen functional groups attached to an aromatic ring is 1. The van der Waals surface area contributed by atoms with Crippen LogP contribution in [0.3, 0.4) is 0 Å². The van der Waals surface area contributed by atoms with Crippen molar-refractivity contribution in [3.05, 3.63) is 33.9 Å². The largest absolute Gasteiger partial charge is 0.398 e. The van der Waals surface area contributed by atoms with Crippen LogP contribution in [0.5, 0.6) is 0 Å². The van der Waals surface area contributed by atoms with E-state index < -0.39 is 4.92 Å². The van der Waals surface area contributed by atoms with Crippen molar-refractivity contribution in [2.45, 2.75) is 37.0 Å². The third kappa shape index (κ3) is 3.66. The van der Waals surface area contributed by atoms with Crippen molar-refractivity contribution in [3.63, 3.8) is 0 Å². The molecule has 1 amide bonds. The van der Waals surface area contributed by atoms with Crippen molar-refractivity contribution in [1.82, 2.24) is 5.32 Å². The van der Waals surface area contributed by atoms with Crippen LogP contribution in [0.15, 0.2) is 18.2 Å². The lowest BCUT2D eigenvalue weighted by Gasteiger charge is -2.31. The van der Waals surface area contributed by atoms with E-state index in [1.807, 2.05) is 6.26 Å². The zero-order valence-electron chi connectivity index (χ0n) is 11.9. The molecule has 0 aliphatic heterocycles. The van der Waals surface area contributed by atoms with Crippen LogP contribution < -0.4 is 11.1 Å². The molecule has 1 aliphatic carbocycles. The lowest BCUT2D eigenvalue weighted by Crippen LogP contribution is -2.43. The summed E-state index contributed by atoms with van der Waals surface area (Å²) in [6.45, 7) is 0. The van der Waals surface area contributed by atoms with Crippen LogP contribution in [0.4, 0.5) is 11.4 Å². The summed E-state index contributed by atoms with van der Waals surface area (Å²) in [4.78, 5) is 22.6. The lowest BCUT2D eigenvalue weighted by atomic mass is 9.94. The first-order valence-electron chi connectivity index (χ1n) is 6.90. The molecule has 1 aromatic rings. The normalized spacial score (nSPS) is 21.8. The molecule has 3 N–H and O–H groups in total. The maximum Gasteiger partial charge on any atom is 0.270 e. The van der Waals surface area contributed by atoms with Crippen LogP contribution in [0.1, 0.15) is 36.0 Å². The number of anilines is 1. The number of hydrogen-bond donors (Lipinski definition) is 2. The number of carbonyl (C=O) groups is 1. The molecule has 1 fully saturated rings. The second kappa shape index (κ2) is 6.80. The van der Waals surface area contributed by atoms with E-state index in [0.717, 1.165) is 19.3 Å². The Morgan fingerprint density at radius 3 is 2.81 bits per heavy atom. The Labute approximate surface area is 127 Å². The number of amides is 1. The fraction of sp³-hybridized carbons (Fsp3) is 0.500. The number of rotatable bonds is 4. The summed E-state index contributed by atoms with van der Waals surface area (Å²) in [6.07, 6.45) is 6.32. The minimum Gasteiger partial charge on any atom is -0.398 e. The highest BCUT2D eigenvalue weighted by molar-refractivity contribution is 7.99. The lowest BCUT2D eigenvalue weighted by molar-refractivity contribution is -0.384. The highest BCUT2D eigenvalue weighted by Gasteiger charge is 2.27. The highest BCUT2D eigenvalue weighted by Crippen LogP contribution is 2.28. The summed E-state index contributed by atoms with van der Waals surface area (Å²) in [6, 6.07) is 4.04. The average molecular weight is 309 g/mol. The molecule has 7 heteroatoms. The molecule has 0 saturated heterocycles. The van der Waals surface area contributed by atoms with Crippen LogP contribution in [0.2, 0.25) is 0 Å². The number of thioether (sulfide) groups is 1. The van der Waals surface area contributed by atoms with Crippen molar-refractivity contribution >= 4 is 29.0 Å². The molecule has 0 heterocycles. The van der Waals surface area contributed by atoms with Gasteiger partial charge in [-0.3, -0.25) is 14.9 Å². The molecule has 2 unspecified atom stereocenters. The van der Waals surface area contributed by atoms with E-state index in [1.54, 1.807) is 11.8 Å². The van der Waals surface area contributed by atoms with Gasteiger partial charge < -0.3 is 11.1 Å². The van der Waals surface area contributed by atoms with E-state index in [2.05, 4.69) is 5.32 Å². The Morgan fingerprint density at radius 1 is 1.43 bits per heavy atom. The van der Waals surface area contributed by atoms with Gasteiger partial charge in [0.15, 0.2) is 0 Å². The number of nitrogens with zero attached hydrogens (tertiary/aromatic N) is 1. The number of non-ortho nitro benzene ring substituents is 1. The van der Waals surface area contributed by atoms with Crippen molar-refractivity contribution in [3.8, 4) is 0 Å². The van der Waals surface area contributed by atoms with Crippen LogP contribution in [-0.4, -0.2) is 28.4 Å². The number of hydrogen-bond acceptors (Lipinski definition) is 5. The van der Waals surface area contributed by atoms with E-state index in [4.69, 9.17) is 5.73 Å². The molecule has 1 aromatic carbocycles. The first-order chi connectivity index (χ1) is 10.0. The molecule has 6 nitrogen and oxygen atoms in total. The van der Waals surface area contributed by atoms with E-state index >= 15 is 0 Å². The van der Waals surface area contributed by atoms with Crippen LogP contribution in [0, 0.1) is 10.1 Å². The molecule has 0 aromatic heterocycles. The van der Waals surface area contributed by atoms with Gasteiger partial charge in [0.1, 0.15) is 0 Å². The predicted molar refractivity (Wildman–Crippen MR) is 84.5 cm³/mol. The third-order valence-corrected chi connectivity index (χ3v) is 4.98. The monoisotopic (exact) mass is 309 g/mol. The van der Waals surface area contributed by atoms with Crippen molar-refractivity contribution < 1.29 is 9.72 Å². The maximum absolute atomic E-state index is 12.3. The predicted octanol–water partition coefficient (Wildman–Crippen LogP) is 2.58. The fourth-order valence-corrected chi connectivity index (χ4v) is 3.58. The zero-order valence-corrected chi connectivity index (χ0v) is 12.7. The molecule has 1 saturated carbocycles. The van der Waals surface area contributed by atoms with Gasteiger partial charge >= 0.3 is 0 Å². The van der Waals surface area contributed by atoms with Gasteiger partial charge in [0, 0.05) is 29.1 Å². The molecule has 1 aliphatic rings. The topological polar surface area (TPSA) is 98.3 Å². The standard InChI is InChI=1S/C14H19N3O3S/c1-21-13-5-3-2-4-12(13)16-14(18)10-8-9(17(19)20)6-7-11(10)15/h6-8,12-13H,2-5,15H2,1H3,(H,16,18). The molecule has 0 spiro atoms. The van der Waals surface area contributed by atoms with Gasteiger partial charge in [-0.15, -0.1) is 0 Å². The first-order valence-corrected chi connectivity index (χ1v) is 8.19. The van der Waals surface area contributed by atoms with E-state index in [9.17, 15) is 14.9 Å². The van der Waals surface area contributed by atoms with E-state index in [0.29, 0.717) is 5.25 Å². The summed E-state index contributed by atoms with van der Waals surface area (Å²) >= 11 is 1.75. The number of nitrogens with one attached hydrogen (secondary N) is 1. The number of nitro benzene ring substituents is 1. The van der Waals surface area contributed by atoms with Crippen LogP contribution in [0.25, 0.3) is 0 Å². The highest BCUT2D eigenvalue weighted by atomic mass is 32.2. The van der Waals surface area contributed by atoms with Gasteiger partial charge in [-0.2, -0.15) is 11.8 Å². The summed E-state index contributed by atoms with van der Waals surface area (Å²) in [5.74, 6) is -0.331. The molecule has 114 valence electrons. The van der Waals surface area contributed by atoms with Gasteiger partial charge in [-0.1, -0.05) is 12.8 Å². The molecular formula is C14H19N3O3S. The summed E-state index contributed by atoms with van der Waals surface area (Å²) in [5.41, 5.74) is 6.08. The minimum absolute atomic E-state index is 0.0971. The zero-order chi connectivity index (χ0) is 15.4. The molecule has 0 bridgehead atoms. The Hall–Kier alpha value is -1.76. The fourth-order valence-electron chi connectivity index (χ4n) is 2.64. The number of nitrogens with two attached hydrogens (primary N) is 1. The minimum atomic E-state index is -0.526. The average Bonchev–Trinajstić information content (AvgIpc) is 2.47. The van der Waals surface area contributed by atoms with Crippen LogP contribution >= 0.6 is 11.8 Å². The van der Waals surface area contributed by atoms with Gasteiger partial charge in [-0.05, 0) is 25.2 Å². The summed E-state index contributed by atoms with van der Waals surface area (Å²) < 4.78 is 0. The van der Waals surface area contributed by atoms with Gasteiger partial charge in [0.05, 0.1) is 10.5 Å². The van der Waals surface area contributed by atoms with Crippen molar-refractivity contribution in [2.24, 2.45) is 0 Å². The molecule has 0 radical (unpaired) electrons. The van der Waals surface area contributed by atoms with E-state index in [1.165, 1.54) is 24.6 Å². The third-order valence-electron chi connectivity index (χ3n) is 3.81.